The summed E-state index contributed by atoms with van der Waals surface area (Å²) < 4.78 is 17.5. The maximum atomic E-state index is 12.6. The summed E-state index contributed by atoms with van der Waals surface area (Å²) in [5, 5.41) is 0. The molecule has 2 fully saturated rings. The Balaban J connectivity index is 1.79. The standard InChI is InChI=1S/C18H26BNO4/c1-13-12-14(16(21)20-8-10-22-11-9-20)6-7-15(13)19-23-17(2,3)18(4,5)24-19/h6-7,12H,8-11H2,1-5H3. The number of aryl methyl sites for hydroxylation is 1. The van der Waals surface area contributed by atoms with Crippen LogP contribution in [0.15, 0.2) is 18.2 Å². The van der Waals surface area contributed by atoms with Gasteiger partial charge in [-0.2, -0.15) is 0 Å². The minimum absolute atomic E-state index is 0.0573. The molecule has 0 spiro atoms. The van der Waals surface area contributed by atoms with Crippen molar-refractivity contribution in [1.82, 2.24) is 4.90 Å². The number of carbonyl (C=O) groups is 1. The molecule has 2 saturated heterocycles. The van der Waals surface area contributed by atoms with E-state index in [0.29, 0.717) is 31.9 Å². The topological polar surface area (TPSA) is 48.0 Å². The van der Waals surface area contributed by atoms with Gasteiger partial charge in [0.05, 0.1) is 24.4 Å². The fourth-order valence-corrected chi connectivity index (χ4v) is 2.99. The zero-order chi connectivity index (χ0) is 17.5. The van der Waals surface area contributed by atoms with Gasteiger partial charge in [-0.15, -0.1) is 0 Å². The van der Waals surface area contributed by atoms with E-state index in [4.69, 9.17) is 14.0 Å². The quantitative estimate of drug-likeness (QED) is 0.775. The monoisotopic (exact) mass is 331 g/mol. The summed E-state index contributed by atoms with van der Waals surface area (Å²) >= 11 is 0. The molecule has 0 bridgehead atoms. The van der Waals surface area contributed by atoms with Gasteiger partial charge < -0.3 is 18.9 Å². The Morgan fingerprint density at radius 2 is 1.67 bits per heavy atom. The van der Waals surface area contributed by atoms with Crippen LogP contribution in [0.2, 0.25) is 0 Å². The van der Waals surface area contributed by atoms with Gasteiger partial charge in [0.2, 0.25) is 0 Å². The molecule has 1 aromatic rings. The minimum atomic E-state index is -0.400. The van der Waals surface area contributed by atoms with Crippen LogP contribution < -0.4 is 5.46 Å². The first-order chi connectivity index (χ1) is 11.2. The lowest BCUT2D eigenvalue weighted by Crippen LogP contribution is -2.41. The fourth-order valence-electron chi connectivity index (χ4n) is 2.99. The Bertz CT molecular complexity index is 622. The van der Waals surface area contributed by atoms with Crippen molar-refractivity contribution in [3.8, 4) is 0 Å². The van der Waals surface area contributed by atoms with Gasteiger partial charge in [-0.25, -0.2) is 0 Å². The normalized spacial score (nSPS) is 22.7. The second kappa shape index (κ2) is 6.17. The van der Waals surface area contributed by atoms with Gasteiger partial charge in [0.1, 0.15) is 0 Å². The number of hydrogen-bond donors (Lipinski definition) is 0. The predicted octanol–water partition coefficient (Wildman–Crippen LogP) is 1.77. The average Bonchev–Trinajstić information content (AvgIpc) is 2.75. The van der Waals surface area contributed by atoms with Crippen molar-refractivity contribution in [3.63, 3.8) is 0 Å². The van der Waals surface area contributed by atoms with Crippen molar-refractivity contribution in [3.05, 3.63) is 29.3 Å². The third-order valence-corrected chi connectivity index (χ3v) is 5.32. The maximum Gasteiger partial charge on any atom is 0.495 e. The van der Waals surface area contributed by atoms with Crippen LogP contribution in [0.5, 0.6) is 0 Å². The van der Waals surface area contributed by atoms with Gasteiger partial charge in [-0.05, 0) is 52.2 Å². The zero-order valence-electron chi connectivity index (χ0n) is 15.2. The number of hydrogen-bond acceptors (Lipinski definition) is 4. The molecule has 2 aliphatic heterocycles. The van der Waals surface area contributed by atoms with Crippen molar-refractivity contribution in [2.24, 2.45) is 0 Å². The second-order valence-electron chi connectivity index (χ2n) is 7.56. The third kappa shape index (κ3) is 3.10. The second-order valence-corrected chi connectivity index (χ2v) is 7.56. The molecule has 1 aromatic carbocycles. The smallest absolute Gasteiger partial charge is 0.399 e. The highest BCUT2D eigenvalue weighted by atomic mass is 16.7. The van der Waals surface area contributed by atoms with Gasteiger partial charge >= 0.3 is 7.12 Å². The lowest BCUT2D eigenvalue weighted by molar-refractivity contribution is 0.00578. The first-order valence-corrected chi connectivity index (χ1v) is 8.54. The molecule has 6 heteroatoms. The highest BCUT2D eigenvalue weighted by Crippen LogP contribution is 2.36. The number of rotatable bonds is 2. The van der Waals surface area contributed by atoms with E-state index in [-0.39, 0.29) is 17.1 Å². The van der Waals surface area contributed by atoms with E-state index in [2.05, 4.69) is 0 Å². The van der Waals surface area contributed by atoms with Crippen molar-refractivity contribution in [1.29, 1.82) is 0 Å². The van der Waals surface area contributed by atoms with Gasteiger partial charge in [-0.1, -0.05) is 11.6 Å². The Morgan fingerprint density at radius 1 is 1.08 bits per heavy atom. The molecule has 3 rings (SSSR count). The van der Waals surface area contributed by atoms with Crippen LogP contribution in [0.25, 0.3) is 0 Å². The van der Waals surface area contributed by atoms with Crippen LogP contribution in [0.1, 0.15) is 43.6 Å². The highest BCUT2D eigenvalue weighted by Gasteiger charge is 2.52. The zero-order valence-corrected chi connectivity index (χ0v) is 15.2. The van der Waals surface area contributed by atoms with Gasteiger partial charge in [-0.3, -0.25) is 4.79 Å². The molecule has 0 atom stereocenters. The average molecular weight is 331 g/mol. The molecule has 0 unspecified atom stereocenters. The molecule has 0 radical (unpaired) electrons. The van der Waals surface area contributed by atoms with E-state index in [9.17, 15) is 4.79 Å². The van der Waals surface area contributed by atoms with Crippen LogP contribution in [-0.2, 0) is 14.0 Å². The molecule has 0 N–H and O–H groups in total. The molecule has 2 aliphatic rings. The number of morpholine rings is 1. The molecule has 1 amide bonds. The Labute approximate surface area is 144 Å². The molecule has 2 heterocycles. The Hall–Kier alpha value is -1.37. The molecular formula is C18H26BNO4. The summed E-state index contributed by atoms with van der Waals surface area (Å²) in [5.74, 6) is 0.0573. The van der Waals surface area contributed by atoms with Crippen LogP contribution in [0, 0.1) is 6.92 Å². The number of benzene rings is 1. The summed E-state index contributed by atoms with van der Waals surface area (Å²) in [6.07, 6.45) is 0. The lowest BCUT2D eigenvalue weighted by atomic mass is 9.76. The van der Waals surface area contributed by atoms with E-state index >= 15 is 0 Å². The predicted molar refractivity (Wildman–Crippen MR) is 93.6 cm³/mol. The summed E-state index contributed by atoms with van der Waals surface area (Å²) in [6.45, 7) is 12.7. The van der Waals surface area contributed by atoms with E-state index in [1.54, 1.807) is 0 Å². The van der Waals surface area contributed by atoms with E-state index in [1.165, 1.54) is 0 Å². The molecule has 0 saturated carbocycles. The fraction of sp³-hybridized carbons (Fsp3) is 0.611. The number of nitrogens with zero attached hydrogens (tertiary/aromatic N) is 1. The van der Waals surface area contributed by atoms with Crippen molar-refractivity contribution >= 4 is 18.5 Å². The SMILES string of the molecule is Cc1cc(C(=O)N2CCOCC2)ccc1B1OC(C)(C)C(C)(C)O1. The largest absolute Gasteiger partial charge is 0.495 e. The molecular weight excluding hydrogens is 305 g/mol. The number of carbonyl (C=O) groups excluding carboxylic acids is 1. The molecule has 0 aliphatic carbocycles. The van der Waals surface area contributed by atoms with Crippen molar-refractivity contribution < 1.29 is 18.8 Å². The van der Waals surface area contributed by atoms with Gasteiger partial charge in [0.15, 0.2) is 0 Å². The molecule has 5 nitrogen and oxygen atoms in total. The summed E-state index contributed by atoms with van der Waals surface area (Å²) in [7, 11) is -0.400. The molecule has 130 valence electrons. The van der Waals surface area contributed by atoms with E-state index < -0.39 is 7.12 Å². The van der Waals surface area contributed by atoms with E-state index in [1.807, 2.05) is 57.7 Å². The van der Waals surface area contributed by atoms with Gasteiger partial charge in [0.25, 0.3) is 5.91 Å². The number of ether oxygens (including phenoxy) is 1. The minimum Gasteiger partial charge on any atom is -0.399 e. The first-order valence-electron chi connectivity index (χ1n) is 8.54. The Kier molecular flexibility index (Phi) is 4.49. The molecule has 24 heavy (non-hydrogen) atoms. The van der Waals surface area contributed by atoms with Crippen molar-refractivity contribution in [2.75, 3.05) is 26.3 Å². The highest BCUT2D eigenvalue weighted by molar-refractivity contribution is 6.62. The summed E-state index contributed by atoms with van der Waals surface area (Å²) in [4.78, 5) is 14.4. The Morgan fingerprint density at radius 3 is 2.21 bits per heavy atom. The lowest BCUT2D eigenvalue weighted by Gasteiger charge is -2.32. The first kappa shape index (κ1) is 17.5. The van der Waals surface area contributed by atoms with Gasteiger partial charge in [0, 0.05) is 18.7 Å². The molecule has 0 aromatic heterocycles. The van der Waals surface area contributed by atoms with Crippen molar-refractivity contribution in [2.45, 2.75) is 45.8 Å². The third-order valence-electron chi connectivity index (χ3n) is 5.32. The summed E-state index contributed by atoms with van der Waals surface area (Å²) in [5.41, 5.74) is 1.95. The van der Waals surface area contributed by atoms with Crippen LogP contribution >= 0.6 is 0 Å². The van der Waals surface area contributed by atoms with Crippen LogP contribution in [0.4, 0.5) is 0 Å². The maximum absolute atomic E-state index is 12.6. The number of amides is 1. The van der Waals surface area contributed by atoms with E-state index in [0.717, 1.165) is 11.0 Å². The van der Waals surface area contributed by atoms with Crippen LogP contribution in [-0.4, -0.2) is 55.4 Å². The van der Waals surface area contributed by atoms with Crippen LogP contribution in [0.3, 0.4) is 0 Å². The summed E-state index contributed by atoms with van der Waals surface area (Å²) in [6, 6.07) is 5.74.